The van der Waals surface area contributed by atoms with E-state index in [-0.39, 0.29) is 11.8 Å². The number of rotatable bonds is 6. The van der Waals surface area contributed by atoms with Gasteiger partial charge in [0.05, 0.1) is 25.3 Å². The molecule has 1 atom stereocenters. The van der Waals surface area contributed by atoms with E-state index in [9.17, 15) is 4.79 Å². The van der Waals surface area contributed by atoms with Crippen LogP contribution in [0.3, 0.4) is 0 Å². The number of carbonyl (C=O) groups excluding carboxylic acids is 1. The van der Waals surface area contributed by atoms with Crippen LogP contribution >= 0.6 is 0 Å². The van der Waals surface area contributed by atoms with Crippen molar-refractivity contribution in [3.63, 3.8) is 0 Å². The molecular formula is C15H19N5O2. The van der Waals surface area contributed by atoms with Gasteiger partial charge >= 0.3 is 0 Å². The zero-order valence-electron chi connectivity index (χ0n) is 12.3. The van der Waals surface area contributed by atoms with E-state index in [1.54, 1.807) is 18.7 Å². The Kier molecular flexibility index (Phi) is 4.62. The maximum Gasteiger partial charge on any atom is 0.224 e. The van der Waals surface area contributed by atoms with Gasteiger partial charge in [-0.3, -0.25) is 9.78 Å². The largest absolute Gasteiger partial charge is 0.492 e. The first kappa shape index (κ1) is 14.5. The SMILES string of the molecule is O=C(NCCCOc1cccnc1)C1CCc2ncnn2C1. The molecule has 22 heavy (non-hydrogen) atoms. The highest BCUT2D eigenvalue weighted by atomic mass is 16.5. The number of hydrogen-bond acceptors (Lipinski definition) is 5. The van der Waals surface area contributed by atoms with E-state index in [2.05, 4.69) is 20.4 Å². The van der Waals surface area contributed by atoms with Crippen molar-refractivity contribution in [3.8, 4) is 5.75 Å². The fraction of sp³-hybridized carbons (Fsp3) is 0.467. The molecular weight excluding hydrogens is 282 g/mol. The molecule has 0 fully saturated rings. The number of hydrogen-bond donors (Lipinski definition) is 1. The zero-order chi connectivity index (χ0) is 15.2. The van der Waals surface area contributed by atoms with Crippen LogP contribution in [0, 0.1) is 5.92 Å². The van der Waals surface area contributed by atoms with Gasteiger partial charge in [0.2, 0.25) is 5.91 Å². The van der Waals surface area contributed by atoms with Gasteiger partial charge in [0, 0.05) is 19.2 Å². The summed E-state index contributed by atoms with van der Waals surface area (Å²) in [6, 6.07) is 3.70. The molecule has 0 saturated heterocycles. The maximum absolute atomic E-state index is 12.1. The lowest BCUT2D eigenvalue weighted by atomic mass is 9.99. The normalized spacial score (nSPS) is 16.8. The monoisotopic (exact) mass is 301 g/mol. The van der Waals surface area contributed by atoms with Crippen LogP contribution in [0.2, 0.25) is 0 Å². The Hall–Kier alpha value is -2.44. The molecule has 0 radical (unpaired) electrons. The van der Waals surface area contributed by atoms with Gasteiger partial charge < -0.3 is 10.1 Å². The van der Waals surface area contributed by atoms with Crippen molar-refractivity contribution in [3.05, 3.63) is 36.7 Å². The molecule has 2 aromatic heterocycles. The second-order valence-electron chi connectivity index (χ2n) is 5.28. The van der Waals surface area contributed by atoms with Crippen LogP contribution in [-0.4, -0.2) is 38.8 Å². The predicted molar refractivity (Wildman–Crippen MR) is 79.2 cm³/mol. The van der Waals surface area contributed by atoms with Gasteiger partial charge in [0.25, 0.3) is 0 Å². The van der Waals surface area contributed by atoms with Crippen molar-refractivity contribution in [1.82, 2.24) is 25.1 Å². The summed E-state index contributed by atoms with van der Waals surface area (Å²) >= 11 is 0. The molecule has 0 aliphatic carbocycles. The second-order valence-corrected chi connectivity index (χ2v) is 5.28. The number of amides is 1. The predicted octanol–water partition coefficient (Wildman–Crippen LogP) is 0.821. The van der Waals surface area contributed by atoms with Crippen molar-refractivity contribution in [2.75, 3.05) is 13.2 Å². The average molecular weight is 301 g/mol. The van der Waals surface area contributed by atoms with E-state index < -0.39 is 0 Å². The Morgan fingerprint density at radius 3 is 3.32 bits per heavy atom. The molecule has 1 aliphatic heterocycles. The van der Waals surface area contributed by atoms with E-state index >= 15 is 0 Å². The highest BCUT2D eigenvalue weighted by molar-refractivity contribution is 5.78. The number of ether oxygens (including phenoxy) is 1. The lowest BCUT2D eigenvalue weighted by molar-refractivity contribution is -0.126. The molecule has 3 heterocycles. The summed E-state index contributed by atoms with van der Waals surface area (Å²) in [6.07, 6.45) is 7.33. The molecule has 2 aromatic rings. The van der Waals surface area contributed by atoms with Gasteiger partial charge in [-0.15, -0.1) is 0 Å². The molecule has 3 rings (SSSR count). The van der Waals surface area contributed by atoms with E-state index in [1.807, 2.05) is 16.8 Å². The number of carbonyl (C=O) groups is 1. The molecule has 0 aromatic carbocycles. The molecule has 0 bridgehead atoms. The average Bonchev–Trinajstić information content (AvgIpc) is 3.03. The zero-order valence-corrected chi connectivity index (χ0v) is 12.3. The fourth-order valence-electron chi connectivity index (χ4n) is 2.50. The summed E-state index contributed by atoms with van der Waals surface area (Å²) < 4.78 is 7.35. The second kappa shape index (κ2) is 7.02. The van der Waals surface area contributed by atoms with Crippen LogP contribution < -0.4 is 10.1 Å². The molecule has 1 amide bonds. The molecule has 0 saturated carbocycles. The van der Waals surface area contributed by atoms with Gasteiger partial charge in [-0.25, -0.2) is 9.67 Å². The maximum atomic E-state index is 12.1. The van der Waals surface area contributed by atoms with E-state index in [1.165, 1.54) is 0 Å². The first-order chi connectivity index (χ1) is 10.8. The minimum absolute atomic E-state index is 0.0200. The molecule has 0 spiro atoms. The summed E-state index contributed by atoms with van der Waals surface area (Å²) in [4.78, 5) is 20.3. The number of nitrogens with zero attached hydrogens (tertiary/aromatic N) is 4. The fourth-order valence-corrected chi connectivity index (χ4v) is 2.50. The molecule has 1 N–H and O–H groups in total. The number of fused-ring (bicyclic) bond motifs is 1. The Labute approximate surface area is 128 Å². The van der Waals surface area contributed by atoms with Gasteiger partial charge in [0.15, 0.2) is 0 Å². The van der Waals surface area contributed by atoms with Crippen molar-refractivity contribution in [2.24, 2.45) is 5.92 Å². The smallest absolute Gasteiger partial charge is 0.224 e. The van der Waals surface area contributed by atoms with E-state index in [0.717, 1.165) is 30.8 Å². The van der Waals surface area contributed by atoms with Crippen LogP contribution in [0.25, 0.3) is 0 Å². The van der Waals surface area contributed by atoms with E-state index in [4.69, 9.17) is 4.74 Å². The molecule has 1 unspecified atom stereocenters. The third-order valence-electron chi connectivity index (χ3n) is 3.70. The minimum Gasteiger partial charge on any atom is -0.492 e. The number of aromatic nitrogens is 4. The van der Waals surface area contributed by atoms with Crippen LogP contribution in [0.4, 0.5) is 0 Å². The summed E-state index contributed by atoms with van der Waals surface area (Å²) in [5, 5.41) is 7.10. The molecule has 1 aliphatic rings. The van der Waals surface area contributed by atoms with Crippen LogP contribution in [0.1, 0.15) is 18.7 Å². The Morgan fingerprint density at radius 1 is 1.50 bits per heavy atom. The Balaban J connectivity index is 1.35. The van der Waals surface area contributed by atoms with E-state index in [0.29, 0.717) is 19.7 Å². The molecule has 116 valence electrons. The van der Waals surface area contributed by atoms with Crippen molar-refractivity contribution < 1.29 is 9.53 Å². The molecule has 7 nitrogen and oxygen atoms in total. The lowest BCUT2D eigenvalue weighted by Crippen LogP contribution is -2.37. The van der Waals surface area contributed by atoms with Crippen LogP contribution in [0.15, 0.2) is 30.9 Å². The minimum atomic E-state index is -0.0200. The highest BCUT2D eigenvalue weighted by Crippen LogP contribution is 2.17. The van der Waals surface area contributed by atoms with Gasteiger partial charge in [-0.2, -0.15) is 5.10 Å². The summed E-state index contributed by atoms with van der Waals surface area (Å²) in [7, 11) is 0. The lowest BCUT2D eigenvalue weighted by Gasteiger charge is -2.21. The number of nitrogens with one attached hydrogen (secondary N) is 1. The summed E-state index contributed by atoms with van der Waals surface area (Å²) in [5.41, 5.74) is 0. The third kappa shape index (κ3) is 3.60. The van der Waals surface area contributed by atoms with Gasteiger partial charge in [0.1, 0.15) is 17.9 Å². The standard InChI is InChI=1S/C15H19N5O2/c21-15(12-4-5-14-18-11-19-20(14)10-12)17-7-2-8-22-13-3-1-6-16-9-13/h1,3,6,9,11-12H,2,4-5,7-8,10H2,(H,17,21). The van der Waals surface area contributed by atoms with Crippen LogP contribution in [0.5, 0.6) is 5.75 Å². The highest BCUT2D eigenvalue weighted by Gasteiger charge is 2.25. The third-order valence-corrected chi connectivity index (χ3v) is 3.70. The van der Waals surface area contributed by atoms with Gasteiger partial charge in [-0.05, 0) is 25.0 Å². The van der Waals surface area contributed by atoms with Gasteiger partial charge in [-0.1, -0.05) is 0 Å². The number of pyridine rings is 1. The van der Waals surface area contributed by atoms with Crippen molar-refractivity contribution in [1.29, 1.82) is 0 Å². The van der Waals surface area contributed by atoms with Crippen molar-refractivity contribution >= 4 is 5.91 Å². The quantitative estimate of drug-likeness (QED) is 0.799. The summed E-state index contributed by atoms with van der Waals surface area (Å²) in [5.74, 6) is 1.78. The summed E-state index contributed by atoms with van der Waals surface area (Å²) in [6.45, 7) is 1.79. The Morgan fingerprint density at radius 2 is 2.45 bits per heavy atom. The first-order valence-corrected chi connectivity index (χ1v) is 7.50. The molecule has 7 heteroatoms. The number of aryl methyl sites for hydroxylation is 1. The topological polar surface area (TPSA) is 81.9 Å². The Bertz CT molecular complexity index is 613. The first-order valence-electron chi connectivity index (χ1n) is 7.50. The van der Waals surface area contributed by atoms with Crippen molar-refractivity contribution in [2.45, 2.75) is 25.8 Å². The van der Waals surface area contributed by atoms with Crippen LogP contribution in [-0.2, 0) is 17.8 Å².